The quantitative estimate of drug-likeness (QED) is 0.621. The van der Waals surface area contributed by atoms with Crippen molar-refractivity contribution in [3.05, 3.63) is 52.3 Å². The topological polar surface area (TPSA) is 118 Å². The van der Waals surface area contributed by atoms with E-state index in [1.165, 1.54) is 25.1 Å². The normalized spacial score (nSPS) is 17.9. The molecule has 1 aliphatic rings. The fourth-order valence-electron chi connectivity index (χ4n) is 3.08. The van der Waals surface area contributed by atoms with Gasteiger partial charge in [0.05, 0.1) is 9.82 Å². The van der Waals surface area contributed by atoms with Crippen molar-refractivity contribution >= 4 is 21.7 Å². The molecule has 10 heteroatoms. The van der Waals surface area contributed by atoms with Gasteiger partial charge in [-0.05, 0) is 31.9 Å². The van der Waals surface area contributed by atoms with E-state index < -0.39 is 14.9 Å². The predicted molar refractivity (Wildman–Crippen MR) is 95.4 cm³/mol. The lowest BCUT2D eigenvalue weighted by molar-refractivity contribution is -0.385. The fraction of sp³-hybridized carbons (Fsp3) is 0.375. The van der Waals surface area contributed by atoms with E-state index in [1.54, 1.807) is 18.5 Å². The monoisotopic (exact) mass is 377 g/mol. The second-order valence-electron chi connectivity index (χ2n) is 6.11. The molecule has 2 aromatic rings. The van der Waals surface area contributed by atoms with Gasteiger partial charge in [-0.25, -0.2) is 23.1 Å². The van der Waals surface area contributed by atoms with Crippen LogP contribution in [0.5, 0.6) is 0 Å². The number of anilines is 1. The van der Waals surface area contributed by atoms with Crippen molar-refractivity contribution in [1.82, 2.24) is 14.7 Å². The van der Waals surface area contributed by atoms with Gasteiger partial charge >= 0.3 is 0 Å². The summed E-state index contributed by atoms with van der Waals surface area (Å²) in [7, 11) is -3.87. The Labute approximate surface area is 151 Å². The number of benzene rings is 1. The van der Waals surface area contributed by atoms with Crippen LogP contribution in [0.25, 0.3) is 0 Å². The first-order chi connectivity index (χ1) is 12.4. The van der Waals surface area contributed by atoms with E-state index in [1.807, 2.05) is 4.90 Å². The molecule has 9 nitrogen and oxygen atoms in total. The highest BCUT2D eigenvalue weighted by molar-refractivity contribution is 7.89. The molecule has 1 atom stereocenters. The van der Waals surface area contributed by atoms with Gasteiger partial charge in [-0.2, -0.15) is 0 Å². The molecule has 1 fully saturated rings. The van der Waals surface area contributed by atoms with Crippen molar-refractivity contribution in [3.8, 4) is 0 Å². The number of hydrogen-bond donors (Lipinski definition) is 1. The van der Waals surface area contributed by atoms with E-state index in [4.69, 9.17) is 0 Å². The standard InChI is InChI=1S/C16H19N5O4S/c1-12-14(21(22)23)6-2-7-15(12)26(24,25)19-13-5-3-10-20(11-13)16-17-8-4-9-18-16/h2,4,6-9,13,19H,3,5,10-11H2,1H3. The maximum atomic E-state index is 12.8. The van der Waals surface area contributed by atoms with Crippen LogP contribution in [0.2, 0.25) is 0 Å². The number of rotatable bonds is 5. The minimum absolute atomic E-state index is 0.0696. The minimum Gasteiger partial charge on any atom is -0.339 e. The smallest absolute Gasteiger partial charge is 0.273 e. The van der Waals surface area contributed by atoms with Gasteiger partial charge in [-0.3, -0.25) is 10.1 Å². The average molecular weight is 377 g/mol. The highest BCUT2D eigenvalue weighted by Crippen LogP contribution is 2.25. The first-order valence-electron chi connectivity index (χ1n) is 8.17. The van der Waals surface area contributed by atoms with Crippen molar-refractivity contribution in [3.63, 3.8) is 0 Å². The van der Waals surface area contributed by atoms with E-state index in [9.17, 15) is 18.5 Å². The molecular weight excluding hydrogens is 358 g/mol. The number of hydrogen-bond acceptors (Lipinski definition) is 7. The third-order valence-corrected chi connectivity index (χ3v) is 5.98. The van der Waals surface area contributed by atoms with Gasteiger partial charge in [0.15, 0.2) is 0 Å². The number of nitro benzene ring substituents is 1. The van der Waals surface area contributed by atoms with Crippen LogP contribution in [0, 0.1) is 17.0 Å². The Balaban J connectivity index is 1.79. The van der Waals surface area contributed by atoms with Crippen molar-refractivity contribution in [2.24, 2.45) is 0 Å². The van der Waals surface area contributed by atoms with E-state index in [0.717, 1.165) is 13.0 Å². The van der Waals surface area contributed by atoms with E-state index in [-0.39, 0.29) is 22.2 Å². The first kappa shape index (κ1) is 18.2. The Bertz CT molecular complexity index is 904. The van der Waals surface area contributed by atoms with E-state index in [0.29, 0.717) is 18.9 Å². The van der Waals surface area contributed by atoms with Crippen LogP contribution in [-0.2, 0) is 10.0 Å². The SMILES string of the molecule is Cc1c([N+](=O)[O-])cccc1S(=O)(=O)NC1CCCN(c2ncccn2)C1. The highest BCUT2D eigenvalue weighted by atomic mass is 32.2. The average Bonchev–Trinajstić information content (AvgIpc) is 2.62. The molecule has 1 N–H and O–H groups in total. The van der Waals surface area contributed by atoms with Crippen LogP contribution < -0.4 is 9.62 Å². The summed E-state index contributed by atoms with van der Waals surface area (Å²) < 4.78 is 28.2. The fourth-order valence-corrected chi connectivity index (χ4v) is 4.61. The lowest BCUT2D eigenvalue weighted by Crippen LogP contribution is -2.48. The molecule has 138 valence electrons. The molecule has 1 unspecified atom stereocenters. The molecule has 3 rings (SSSR count). The minimum atomic E-state index is -3.87. The van der Waals surface area contributed by atoms with Crippen LogP contribution in [0.3, 0.4) is 0 Å². The lowest BCUT2D eigenvalue weighted by Gasteiger charge is -2.32. The van der Waals surface area contributed by atoms with Gasteiger partial charge in [0.1, 0.15) is 0 Å². The van der Waals surface area contributed by atoms with E-state index in [2.05, 4.69) is 14.7 Å². The van der Waals surface area contributed by atoms with Gasteiger partial charge in [0.2, 0.25) is 16.0 Å². The van der Waals surface area contributed by atoms with Crippen LogP contribution in [0.15, 0.2) is 41.6 Å². The molecule has 2 heterocycles. The molecule has 1 aromatic heterocycles. The predicted octanol–water partition coefficient (Wildman–Crippen LogP) is 1.64. The summed E-state index contributed by atoms with van der Waals surface area (Å²) in [5, 5.41) is 11.1. The maximum Gasteiger partial charge on any atom is 0.273 e. The van der Waals surface area contributed by atoms with Crippen LogP contribution in [-0.4, -0.2) is 42.4 Å². The van der Waals surface area contributed by atoms with Gasteiger partial charge in [-0.15, -0.1) is 0 Å². The molecule has 1 saturated heterocycles. The largest absolute Gasteiger partial charge is 0.339 e. The second kappa shape index (κ2) is 7.34. The Morgan fingerprint density at radius 1 is 1.27 bits per heavy atom. The summed E-state index contributed by atoms with van der Waals surface area (Å²) in [6, 6.07) is 5.45. The van der Waals surface area contributed by atoms with Crippen LogP contribution >= 0.6 is 0 Å². The van der Waals surface area contributed by atoms with Gasteiger partial charge in [0, 0.05) is 43.2 Å². The number of nitrogens with one attached hydrogen (secondary N) is 1. The molecule has 0 radical (unpaired) electrons. The number of piperidine rings is 1. The highest BCUT2D eigenvalue weighted by Gasteiger charge is 2.29. The Kier molecular flexibility index (Phi) is 5.14. The number of nitro groups is 1. The summed E-state index contributed by atoms with van der Waals surface area (Å²) in [6.07, 6.45) is 4.75. The number of sulfonamides is 1. The van der Waals surface area contributed by atoms with Crippen LogP contribution in [0.4, 0.5) is 11.6 Å². The zero-order valence-corrected chi connectivity index (χ0v) is 15.0. The zero-order valence-electron chi connectivity index (χ0n) is 14.2. The molecule has 0 saturated carbocycles. The third-order valence-electron chi connectivity index (χ3n) is 4.32. The summed E-state index contributed by atoms with van der Waals surface area (Å²) in [4.78, 5) is 20.7. The maximum absolute atomic E-state index is 12.8. The molecule has 0 bridgehead atoms. The Morgan fingerprint density at radius 3 is 2.69 bits per heavy atom. The number of nitrogens with zero attached hydrogens (tertiary/aromatic N) is 4. The molecular formula is C16H19N5O4S. The third kappa shape index (κ3) is 3.81. The lowest BCUT2D eigenvalue weighted by atomic mass is 10.1. The number of aromatic nitrogens is 2. The molecule has 0 amide bonds. The zero-order chi connectivity index (χ0) is 18.7. The van der Waals surface area contributed by atoms with Crippen molar-refractivity contribution in [2.75, 3.05) is 18.0 Å². The Hall–Kier alpha value is -2.59. The van der Waals surface area contributed by atoms with Gasteiger partial charge < -0.3 is 4.90 Å². The van der Waals surface area contributed by atoms with Crippen LogP contribution in [0.1, 0.15) is 18.4 Å². The molecule has 26 heavy (non-hydrogen) atoms. The van der Waals surface area contributed by atoms with Gasteiger partial charge in [0.25, 0.3) is 5.69 Å². The Morgan fingerprint density at radius 2 is 2.00 bits per heavy atom. The van der Waals surface area contributed by atoms with Crippen molar-refractivity contribution in [2.45, 2.75) is 30.7 Å². The summed E-state index contributed by atoms with van der Waals surface area (Å²) >= 11 is 0. The molecule has 0 aliphatic carbocycles. The summed E-state index contributed by atoms with van der Waals surface area (Å²) in [5.74, 6) is 0.558. The first-order valence-corrected chi connectivity index (χ1v) is 9.65. The second-order valence-corrected chi connectivity index (χ2v) is 7.80. The molecule has 1 aromatic carbocycles. The molecule has 0 spiro atoms. The molecule has 1 aliphatic heterocycles. The van der Waals surface area contributed by atoms with Gasteiger partial charge in [-0.1, -0.05) is 6.07 Å². The summed E-state index contributed by atoms with van der Waals surface area (Å²) in [6.45, 7) is 2.63. The van der Waals surface area contributed by atoms with Crippen molar-refractivity contribution in [1.29, 1.82) is 0 Å². The summed E-state index contributed by atoms with van der Waals surface area (Å²) in [5.41, 5.74) is -0.0834. The van der Waals surface area contributed by atoms with E-state index >= 15 is 0 Å². The van der Waals surface area contributed by atoms with Crippen molar-refractivity contribution < 1.29 is 13.3 Å².